The molecule has 6 heteroatoms. The van der Waals surface area contributed by atoms with Crippen molar-refractivity contribution in [3.63, 3.8) is 0 Å². The van der Waals surface area contributed by atoms with E-state index in [1.54, 1.807) is 13.2 Å². The van der Waals surface area contributed by atoms with Crippen molar-refractivity contribution in [2.24, 2.45) is 5.84 Å². The molecule has 0 saturated carbocycles. The number of rotatable bonds is 6. The molecule has 1 aromatic heterocycles. The van der Waals surface area contributed by atoms with Gasteiger partial charge >= 0.3 is 0 Å². The molecule has 1 heterocycles. The van der Waals surface area contributed by atoms with Crippen molar-refractivity contribution in [1.82, 2.24) is 9.97 Å². The fourth-order valence-electron chi connectivity index (χ4n) is 1.18. The number of anilines is 1. The average Bonchev–Trinajstić information content (AvgIpc) is 2.28. The van der Waals surface area contributed by atoms with Gasteiger partial charge in [-0.3, -0.25) is 5.43 Å². The molecule has 17 heavy (non-hydrogen) atoms. The number of aryl methyl sites for hydroxylation is 1. The van der Waals surface area contributed by atoms with Gasteiger partial charge in [-0.2, -0.15) is 4.98 Å². The summed E-state index contributed by atoms with van der Waals surface area (Å²) in [7, 11) is 1.69. The molecule has 0 radical (unpaired) electrons. The lowest BCUT2D eigenvalue weighted by molar-refractivity contribution is 0.00509. The summed E-state index contributed by atoms with van der Waals surface area (Å²) in [5, 5.41) is 0. The third-order valence-electron chi connectivity index (χ3n) is 2.47. The van der Waals surface area contributed by atoms with E-state index in [9.17, 15) is 0 Å². The van der Waals surface area contributed by atoms with Crippen LogP contribution in [0.25, 0.3) is 0 Å². The highest BCUT2D eigenvalue weighted by atomic mass is 16.5. The Morgan fingerprint density at radius 1 is 1.41 bits per heavy atom. The van der Waals surface area contributed by atoms with Gasteiger partial charge in [0.25, 0.3) is 0 Å². The maximum atomic E-state index is 5.54. The predicted octanol–water partition coefficient (Wildman–Crippen LogP) is 1.26. The highest BCUT2D eigenvalue weighted by molar-refractivity contribution is 5.28. The smallest absolute Gasteiger partial charge is 0.240 e. The van der Waals surface area contributed by atoms with Crippen LogP contribution in [-0.2, 0) is 4.74 Å². The van der Waals surface area contributed by atoms with E-state index in [-0.39, 0.29) is 5.60 Å². The highest BCUT2D eigenvalue weighted by Crippen LogP contribution is 2.15. The molecule has 0 aliphatic carbocycles. The molecular weight excluding hydrogens is 220 g/mol. The standard InChI is InChI=1S/C11H20N4O2/c1-8-7-9(14-10(13-8)15-12)17-6-5-11(2,3)16-4/h7H,5-6,12H2,1-4H3,(H,13,14,15). The molecule has 3 N–H and O–H groups in total. The van der Waals surface area contributed by atoms with E-state index in [1.807, 2.05) is 20.8 Å². The first-order chi connectivity index (χ1) is 7.96. The van der Waals surface area contributed by atoms with Crippen LogP contribution in [0, 0.1) is 6.92 Å². The van der Waals surface area contributed by atoms with Gasteiger partial charge in [-0.15, -0.1) is 0 Å². The first-order valence-electron chi connectivity index (χ1n) is 5.47. The molecule has 0 saturated heterocycles. The van der Waals surface area contributed by atoms with E-state index in [4.69, 9.17) is 15.3 Å². The zero-order valence-electron chi connectivity index (χ0n) is 10.8. The molecule has 1 rings (SSSR count). The summed E-state index contributed by atoms with van der Waals surface area (Å²) in [6.07, 6.45) is 0.776. The summed E-state index contributed by atoms with van der Waals surface area (Å²) in [4.78, 5) is 8.16. The van der Waals surface area contributed by atoms with E-state index >= 15 is 0 Å². The molecular formula is C11H20N4O2. The maximum absolute atomic E-state index is 5.54. The van der Waals surface area contributed by atoms with Gasteiger partial charge in [0.2, 0.25) is 11.8 Å². The number of nitrogen functional groups attached to an aromatic ring is 1. The fraction of sp³-hybridized carbons (Fsp3) is 0.636. The molecule has 1 aromatic rings. The van der Waals surface area contributed by atoms with Crippen molar-refractivity contribution in [1.29, 1.82) is 0 Å². The molecule has 0 aliphatic rings. The number of hydrazine groups is 1. The van der Waals surface area contributed by atoms with E-state index in [0.29, 0.717) is 18.4 Å². The molecule has 0 atom stereocenters. The topological polar surface area (TPSA) is 82.3 Å². The van der Waals surface area contributed by atoms with Crippen LogP contribution in [0.1, 0.15) is 26.0 Å². The largest absolute Gasteiger partial charge is 0.477 e. The Kier molecular flexibility index (Phi) is 4.65. The van der Waals surface area contributed by atoms with Crippen LogP contribution >= 0.6 is 0 Å². The Morgan fingerprint density at radius 3 is 2.71 bits per heavy atom. The number of methoxy groups -OCH3 is 1. The Hall–Kier alpha value is -1.40. The third kappa shape index (κ3) is 4.54. The molecule has 0 bridgehead atoms. The Bertz CT molecular complexity index is 368. The fourth-order valence-corrected chi connectivity index (χ4v) is 1.18. The maximum Gasteiger partial charge on any atom is 0.240 e. The molecule has 0 spiro atoms. The van der Waals surface area contributed by atoms with Gasteiger partial charge in [-0.25, -0.2) is 10.8 Å². The predicted molar refractivity (Wildman–Crippen MR) is 65.8 cm³/mol. The van der Waals surface area contributed by atoms with Gasteiger partial charge < -0.3 is 9.47 Å². The van der Waals surface area contributed by atoms with Crippen molar-refractivity contribution in [3.05, 3.63) is 11.8 Å². The van der Waals surface area contributed by atoms with Gasteiger partial charge in [0.05, 0.1) is 12.2 Å². The number of aromatic nitrogens is 2. The molecule has 0 fully saturated rings. The van der Waals surface area contributed by atoms with Crippen LogP contribution < -0.4 is 16.0 Å². The first-order valence-corrected chi connectivity index (χ1v) is 5.47. The Morgan fingerprint density at radius 2 is 2.12 bits per heavy atom. The minimum atomic E-state index is -0.197. The molecule has 6 nitrogen and oxygen atoms in total. The number of nitrogens with zero attached hydrogens (tertiary/aromatic N) is 2. The second kappa shape index (κ2) is 5.79. The summed E-state index contributed by atoms with van der Waals surface area (Å²) in [5.41, 5.74) is 3.00. The minimum Gasteiger partial charge on any atom is -0.477 e. The van der Waals surface area contributed by atoms with E-state index in [0.717, 1.165) is 12.1 Å². The lowest BCUT2D eigenvalue weighted by Crippen LogP contribution is -2.25. The van der Waals surface area contributed by atoms with Gasteiger partial charge in [-0.1, -0.05) is 0 Å². The second-order valence-electron chi connectivity index (χ2n) is 4.38. The van der Waals surface area contributed by atoms with Crippen molar-refractivity contribution in [3.8, 4) is 5.88 Å². The monoisotopic (exact) mass is 240 g/mol. The first kappa shape index (κ1) is 13.7. The summed E-state index contributed by atoms with van der Waals surface area (Å²) in [5.74, 6) is 6.12. The second-order valence-corrected chi connectivity index (χ2v) is 4.38. The number of hydrogen-bond donors (Lipinski definition) is 2. The number of nitrogens with one attached hydrogen (secondary N) is 1. The normalized spacial score (nSPS) is 11.4. The summed E-state index contributed by atoms with van der Waals surface area (Å²) in [6.45, 7) is 6.40. The van der Waals surface area contributed by atoms with Crippen molar-refractivity contribution in [2.75, 3.05) is 19.1 Å². The van der Waals surface area contributed by atoms with Crippen LogP contribution in [-0.4, -0.2) is 29.3 Å². The average molecular weight is 240 g/mol. The number of hydrogen-bond acceptors (Lipinski definition) is 6. The molecule has 0 amide bonds. The van der Waals surface area contributed by atoms with Crippen molar-refractivity contribution in [2.45, 2.75) is 32.8 Å². The van der Waals surface area contributed by atoms with Gasteiger partial charge in [0.1, 0.15) is 0 Å². The van der Waals surface area contributed by atoms with Crippen molar-refractivity contribution < 1.29 is 9.47 Å². The molecule has 96 valence electrons. The highest BCUT2D eigenvalue weighted by Gasteiger charge is 2.16. The molecule has 0 aliphatic heterocycles. The summed E-state index contributed by atoms with van der Waals surface area (Å²) in [6, 6.07) is 1.76. The minimum absolute atomic E-state index is 0.197. The van der Waals surface area contributed by atoms with Crippen LogP contribution in [0.15, 0.2) is 6.07 Å². The van der Waals surface area contributed by atoms with Crippen molar-refractivity contribution >= 4 is 5.95 Å². The number of ether oxygens (including phenoxy) is 2. The lowest BCUT2D eigenvalue weighted by Gasteiger charge is -2.22. The van der Waals surface area contributed by atoms with Crippen LogP contribution in [0.4, 0.5) is 5.95 Å². The van der Waals surface area contributed by atoms with Crippen LogP contribution in [0.3, 0.4) is 0 Å². The summed E-state index contributed by atoms with van der Waals surface area (Å²) < 4.78 is 10.8. The van der Waals surface area contributed by atoms with E-state index in [1.165, 1.54) is 0 Å². The Labute approximate surface area is 102 Å². The molecule has 0 unspecified atom stereocenters. The number of nitrogens with two attached hydrogens (primary N) is 1. The zero-order valence-corrected chi connectivity index (χ0v) is 10.8. The van der Waals surface area contributed by atoms with Crippen LogP contribution in [0.5, 0.6) is 5.88 Å². The van der Waals surface area contributed by atoms with E-state index in [2.05, 4.69) is 15.4 Å². The van der Waals surface area contributed by atoms with E-state index < -0.39 is 0 Å². The van der Waals surface area contributed by atoms with Gasteiger partial charge in [-0.05, 0) is 20.8 Å². The van der Waals surface area contributed by atoms with Crippen LogP contribution in [0.2, 0.25) is 0 Å². The Balaban J connectivity index is 2.55. The quantitative estimate of drug-likeness (QED) is 0.575. The third-order valence-corrected chi connectivity index (χ3v) is 2.47. The SMILES string of the molecule is COC(C)(C)CCOc1cc(C)nc(NN)n1. The lowest BCUT2D eigenvalue weighted by atomic mass is 10.1. The molecule has 0 aromatic carbocycles. The summed E-state index contributed by atoms with van der Waals surface area (Å²) >= 11 is 0. The van der Waals surface area contributed by atoms with Gasteiger partial charge in [0.15, 0.2) is 0 Å². The zero-order chi connectivity index (χ0) is 12.9. The van der Waals surface area contributed by atoms with Gasteiger partial charge in [0, 0.05) is 25.3 Å².